The van der Waals surface area contributed by atoms with Crippen LogP contribution in [-0.4, -0.2) is 56.1 Å². The monoisotopic (exact) mass is 299 g/mol. The van der Waals surface area contributed by atoms with E-state index in [4.69, 9.17) is 10.5 Å². The fraction of sp³-hybridized carbons (Fsp3) is 0.867. The van der Waals surface area contributed by atoms with Crippen LogP contribution in [0.15, 0.2) is 0 Å². The van der Waals surface area contributed by atoms with E-state index in [1.807, 2.05) is 0 Å². The Balaban J connectivity index is 2.27. The summed E-state index contributed by atoms with van der Waals surface area (Å²) >= 11 is 0. The lowest BCUT2D eigenvalue weighted by atomic mass is 9.97. The van der Waals surface area contributed by atoms with Gasteiger partial charge in [-0.3, -0.25) is 9.59 Å². The summed E-state index contributed by atoms with van der Waals surface area (Å²) in [6.45, 7) is 5.03. The molecule has 0 saturated carbocycles. The van der Waals surface area contributed by atoms with Gasteiger partial charge < -0.3 is 20.7 Å². The zero-order valence-electron chi connectivity index (χ0n) is 13.1. The van der Waals surface area contributed by atoms with E-state index in [2.05, 4.69) is 12.2 Å². The summed E-state index contributed by atoms with van der Waals surface area (Å²) in [6.07, 6.45) is 4.96. The minimum absolute atomic E-state index is 0.00168. The van der Waals surface area contributed by atoms with Gasteiger partial charge >= 0.3 is 0 Å². The Kier molecular flexibility index (Phi) is 9.01. The van der Waals surface area contributed by atoms with Gasteiger partial charge in [0.25, 0.3) is 0 Å². The van der Waals surface area contributed by atoms with E-state index in [0.717, 1.165) is 38.6 Å². The molecule has 1 saturated heterocycles. The van der Waals surface area contributed by atoms with Gasteiger partial charge in [0.1, 0.15) is 6.61 Å². The summed E-state index contributed by atoms with van der Waals surface area (Å²) in [5, 5.41) is 2.79. The van der Waals surface area contributed by atoms with Gasteiger partial charge in [-0.05, 0) is 19.3 Å². The van der Waals surface area contributed by atoms with Crippen LogP contribution in [0, 0.1) is 5.92 Å². The number of hydrogen-bond donors (Lipinski definition) is 2. The van der Waals surface area contributed by atoms with Gasteiger partial charge in [0.15, 0.2) is 0 Å². The summed E-state index contributed by atoms with van der Waals surface area (Å²) < 4.78 is 5.40. The van der Waals surface area contributed by atoms with Crippen molar-refractivity contribution in [2.24, 2.45) is 11.7 Å². The fourth-order valence-electron chi connectivity index (χ4n) is 2.46. The SMILES string of the molecule is CCCCCOCC(=O)N1CCCC(C(=O)NCCN)C1. The van der Waals surface area contributed by atoms with Crippen LogP contribution in [0.1, 0.15) is 39.0 Å². The minimum Gasteiger partial charge on any atom is -0.372 e. The Bertz CT molecular complexity index is 323. The van der Waals surface area contributed by atoms with Crippen molar-refractivity contribution >= 4 is 11.8 Å². The second-order valence-corrected chi connectivity index (χ2v) is 5.52. The highest BCUT2D eigenvalue weighted by atomic mass is 16.5. The maximum atomic E-state index is 12.1. The highest BCUT2D eigenvalue weighted by molar-refractivity contribution is 5.81. The first-order chi connectivity index (χ1) is 10.2. The molecule has 1 atom stereocenters. The highest BCUT2D eigenvalue weighted by Crippen LogP contribution is 2.16. The van der Waals surface area contributed by atoms with Gasteiger partial charge in [0, 0.05) is 32.8 Å². The summed E-state index contributed by atoms with van der Waals surface area (Å²) in [6, 6.07) is 0. The number of nitrogens with two attached hydrogens (primary N) is 1. The molecule has 1 aliphatic rings. The molecule has 1 rings (SSSR count). The first-order valence-electron chi connectivity index (χ1n) is 8.02. The number of unbranched alkanes of at least 4 members (excludes halogenated alkanes) is 2. The number of nitrogens with one attached hydrogen (secondary N) is 1. The molecule has 0 aromatic carbocycles. The molecule has 0 aromatic rings. The molecular formula is C15H29N3O3. The number of ether oxygens (including phenoxy) is 1. The van der Waals surface area contributed by atoms with Gasteiger partial charge in [-0.15, -0.1) is 0 Å². The fourth-order valence-corrected chi connectivity index (χ4v) is 2.46. The van der Waals surface area contributed by atoms with Crippen molar-refractivity contribution < 1.29 is 14.3 Å². The van der Waals surface area contributed by atoms with Gasteiger partial charge in [-0.1, -0.05) is 19.8 Å². The number of likely N-dealkylation sites (tertiary alicyclic amines) is 1. The predicted octanol–water partition coefficient (Wildman–Crippen LogP) is 0.507. The number of carbonyl (C=O) groups is 2. The van der Waals surface area contributed by atoms with Crippen molar-refractivity contribution in [2.45, 2.75) is 39.0 Å². The number of carbonyl (C=O) groups excluding carboxylic acids is 2. The number of piperidine rings is 1. The molecule has 122 valence electrons. The third kappa shape index (κ3) is 6.91. The highest BCUT2D eigenvalue weighted by Gasteiger charge is 2.27. The second kappa shape index (κ2) is 10.6. The average Bonchev–Trinajstić information content (AvgIpc) is 2.52. The molecule has 2 amide bonds. The van der Waals surface area contributed by atoms with E-state index in [1.165, 1.54) is 0 Å². The molecule has 0 bridgehead atoms. The smallest absolute Gasteiger partial charge is 0.248 e. The first-order valence-corrected chi connectivity index (χ1v) is 8.02. The van der Waals surface area contributed by atoms with Crippen LogP contribution in [-0.2, 0) is 14.3 Å². The standard InChI is InChI=1S/C15H29N3O3/c1-2-3-4-10-21-12-14(19)18-9-5-6-13(11-18)15(20)17-8-7-16/h13H,2-12,16H2,1H3,(H,17,20). The van der Waals surface area contributed by atoms with E-state index in [0.29, 0.717) is 26.2 Å². The van der Waals surface area contributed by atoms with Crippen molar-refractivity contribution in [3.8, 4) is 0 Å². The molecule has 1 heterocycles. The van der Waals surface area contributed by atoms with Gasteiger partial charge in [-0.2, -0.15) is 0 Å². The third-order valence-corrected chi connectivity index (χ3v) is 3.71. The largest absolute Gasteiger partial charge is 0.372 e. The molecule has 0 aromatic heterocycles. The van der Waals surface area contributed by atoms with Gasteiger partial charge in [0.2, 0.25) is 11.8 Å². The lowest BCUT2D eigenvalue weighted by Gasteiger charge is -2.32. The maximum Gasteiger partial charge on any atom is 0.248 e. The van der Waals surface area contributed by atoms with Gasteiger partial charge in [-0.25, -0.2) is 0 Å². The topological polar surface area (TPSA) is 84.7 Å². The van der Waals surface area contributed by atoms with Crippen LogP contribution in [0.2, 0.25) is 0 Å². The Morgan fingerprint density at radius 1 is 1.38 bits per heavy atom. The van der Waals surface area contributed by atoms with Gasteiger partial charge in [0.05, 0.1) is 5.92 Å². The molecule has 0 radical (unpaired) electrons. The van der Waals surface area contributed by atoms with Crippen LogP contribution in [0.5, 0.6) is 0 Å². The first kappa shape index (κ1) is 17.9. The Morgan fingerprint density at radius 2 is 2.19 bits per heavy atom. The number of amides is 2. The molecule has 6 nitrogen and oxygen atoms in total. The number of hydrogen-bond acceptors (Lipinski definition) is 4. The van der Waals surface area contributed by atoms with Crippen molar-refractivity contribution in [1.29, 1.82) is 0 Å². The molecule has 3 N–H and O–H groups in total. The van der Waals surface area contributed by atoms with E-state index in [1.54, 1.807) is 4.90 Å². The summed E-state index contributed by atoms with van der Waals surface area (Å²) in [4.78, 5) is 25.7. The summed E-state index contributed by atoms with van der Waals surface area (Å²) in [5.74, 6) is -0.126. The molecule has 6 heteroatoms. The molecular weight excluding hydrogens is 270 g/mol. The molecule has 0 spiro atoms. The van der Waals surface area contributed by atoms with Crippen molar-refractivity contribution in [1.82, 2.24) is 10.2 Å². The Labute approximate surface area is 127 Å². The van der Waals surface area contributed by atoms with Crippen molar-refractivity contribution in [3.63, 3.8) is 0 Å². The van der Waals surface area contributed by atoms with E-state index < -0.39 is 0 Å². The van der Waals surface area contributed by atoms with Crippen molar-refractivity contribution in [2.75, 3.05) is 39.4 Å². The predicted molar refractivity (Wildman–Crippen MR) is 81.7 cm³/mol. The Morgan fingerprint density at radius 3 is 2.90 bits per heavy atom. The Hall–Kier alpha value is -1.14. The lowest BCUT2D eigenvalue weighted by Crippen LogP contribution is -2.47. The molecule has 21 heavy (non-hydrogen) atoms. The molecule has 1 aliphatic heterocycles. The average molecular weight is 299 g/mol. The number of nitrogens with zero attached hydrogens (tertiary/aromatic N) is 1. The summed E-state index contributed by atoms with van der Waals surface area (Å²) in [5.41, 5.74) is 5.38. The van der Waals surface area contributed by atoms with E-state index in [-0.39, 0.29) is 24.3 Å². The van der Waals surface area contributed by atoms with Crippen LogP contribution in [0.25, 0.3) is 0 Å². The van der Waals surface area contributed by atoms with Crippen LogP contribution in [0.4, 0.5) is 0 Å². The molecule has 1 fully saturated rings. The zero-order valence-corrected chi connectivity index (χ0v) is 13.1. The van der Waals surface area contributed by atoms with Crippen LogP contribution >= 0.6 is 0 Å². The number of rotatable bonds is 9. The van der Waals surface area contributed by atoms with E-state index in [9.17, 15) is 9.59 Å². The molecule has 0 aliphatic carbocycles. The van der Waals surface area contributed by atoms with Crippen LogP contribution < -0.4 is 11.1 Å². The lowest BCUT2D eigenvalue weighted by molar-refractivity contribution is -0.139. The van der Waals surface area contributed by atoms with E-state index >= 15 is 0 Å². The van der Waals surface area contributed by atoms with Crippen LogP contribution in [0.3, 0.4) is 0 Å². The zero-order chi connectivity index (χ0) is 15.5. The molecule has 1 unspecified atom stereocenters. The quantitative estimate of drug-likeness (QED) is 0.607. The third-order valence-electron chi connectivity index (χ3n) is 3.71. The normalized spacial score (nSPS) is 18.6. The minimum atomic E-state index is -0.116. The maximum absolute atomic E-state index is 12.1. The second-order valence-electron chi connectivity index (χ2n) is 5.52. The van der Waals surface area contributed by atoms with Crippen molar-refractivity contribution in [3.05, 3.63) is 0 Å². The summed E-state index contributed by atoms with van der Waals surface area (Å²) in [7, 11) is 0.